The van der Waals surface area contributed by atoms with Gasteiger partial charge in [-0.3, -0.25) is 9.59 Å². The third-order valence-electron chi connectivity index (χ3n) is 3.33. The minimum Gasteiger partial charge on any atom is -0.497 e. The van der Waals surface area contributed by atoms with E-state index in [1.807, 2.05) is 0 Å². The third-order valence-corrected chi connectivity index (χ3v) is 3.33. The fourth-order valence-corrected chi connectivity index (χ4v) is 1.88. The Morgan fingerprint density at radius 2 is 1.88 bits per heavy atom. The van der Waals surface area contributed by atoms with Crippen molar-refractivity contribution in [2.45, 2.75) is 0 Å². The molecule has 0 fully saturated rings. The Kier molecular flexibility index (Phi) is 6.24. The fourth-order valence-electron chi connectivity index (χ4n) is 1.88. The van der Waals surface area contributed by atoms with Crippen molar-refractivity contribution in [1.82, 2.24) is 10.2 Å². The highest BCUT2D eigenvalue weighted by Crippen LogP contribution is 2.16. The summed E-state index contributed by atoms with van der Waals surface area (Å²) in [6.07, 6.45) is 1.40. The average Bonchev–Trinajstić information content (AvgIpc) is 3.14. The molecule has 128 valence electrons. The molecule has 0 unspecified atom stereocenters. The molecule has 0 radical (unpaired) electrons. The highest BCUT2D eigenvalue weighted by Gasteiger charge is 2.13. The first-order valence-corrected chi connectivity index (χ1v) is 7.42. The number of methoxy groups -OCH3 is 1. The molecular weight excluding hydrogens is 312 g/mol. The van der Waals surface area contributed by atoms with Gasteiger partial charge in [-0.2, -0.15) is 0 Å². The number of amides is 2. The van der Waals surface area contributed by atoms with Gasteiger partial charge in [-0.1, -0.05) is 0 Å². The summed E-state index contributed by atoms with van der Waals surface area (Å²) >= 11 is 0. The molecule has 2 aromatic rings. The summed E-state index contributed by atoms with van der Waals surface area (Å²) in [6.45, 7) is 0.654. The van der Waals surface area contributed by atoms with Crippen molar-refractivity contribution in [1.29, 1.82) is 0 Å². The number of ether oxygens (including phenoxy) is 2. The zero-order valence-electron chi connectivity index (χ0n) is 13.7. The van der Waals surface area contributed by atoms with Gasteiger partial charge in [-0.25, -0.2) is 0 Å². The van der Waals surface area contributed by atoms with E-state index in [0.717, 1.165) is 5.75 Å². The summed E-state index contributed by atoms with van der Waals surface area (Å²) in [7, 11) is 3.25. The Morgan fingerprint density at radius 1 is 1.17 bits per heavy atom. The second-order valence-corrected chi connectivity index (χ2v) is 5.00. The number of furan rings is 1. The topological polar surface area (TPSA) is 81.0 Å². The van der Waals surface area contributed by atoms with E-state index in [1.165, 1.54) is 17.2 Å². The van der Waals surface area contributed by atoms with Crippen LogP contribution >= 0.6 is 0 Å². The lowest BCUT2D eigenvalue weighted by molar-refractivity contribution is -0.129. The molecule has 2 amide bonds. The molecule has 1 aromatic carbocycles. The van der Waals surface area contributed by atoms with Crippen LogP contribution in [0.25, 0.3) is 0 Å². The lowest BCUT2D eigenvalue weighted by atomic mass is 10.3. The maximum absolute atomic E-state index is 12.0. The van der Waals surface area contributed by atoms with Crippen molar-refractivity contribution in [3.8, 4) is 11.5 Å². The quantitative estimate of drug-likeness (QED) is 0.793. The maximum Gasteiger partial charge on any atom is 0.287 e. The molecule has 0 aliphatic heterocycles. The first kappa shape index (κ1) is 17.4. The summed E-state index contributed by atoms with van der Waals surface area (Å²) < 4.78 is 15.6. The van der Waals surface area contributed by atoms with Crippen LogP contribution in [0.15, 0.2) is 47.1 Å². The predicted octanol–water partition coefficient (Wildman–Crippen LogP) is 1.56. The van der Waals surface area contributed by atoms with Gasteiger partial charge in [-0.05, 0) is 36.4 Å². The summed E-state index contributed by atoms with van der Waals surface area (Å²) in [4.78, 5) is 25.1. The number of hydrogen-bond donors (Lipinski definition) is 1. The van der Waals surface area contributed by atoms with Crippen LogP contribution in [-0.2, 0) is 4.79 Å². The Balaban J connectivity index is 1.68. The number of benzene rings is 1. The minimum absolute atomic E-state index is 0.0986. The molecule has 1 aromatic heterocycles. The van der Waals surface area contributed by atoms with E-state index < -0.39 is 5.91 Å². The summed E-state index contributed by atoms with van der Waals surface area (Å²) in [5.74, 6) is 0.988. The lowest BCUT2D eigenvalue weighted by Crippen LogP contribution is -2.39. The van der Waals surface area contributed by atoms with Gasteiger partial charge in [0.05, 0.1) is 26.5 Å². The summed E-state index contributed by atoms with van der Waals surface area (Å²) in [6, 6.07) is 10.3. The molecule has 0 saturated heterocycles. The minimum atomic E-state index is -0.420. The van der Waals surface area contributed by atoms with Crippen molar-refractivity contribution in [3.63, 3.8) is 0 Å². The number of nitrogens with one attached hydrogen (secondary N) is 1. The number of nitrogens with zero attached hydrogens (tertiary/aromatic N) is 1. The van der Waals surface area contributed by atoms with Gasteiger partial charge in [0.25, 0.3) is 5.91 Å². The zero-order valence-corrected chi connectivity index (χ0v) is 13.7. The number of rotatable bonds is 8. The molecule has 2 rings (SSSR count). The largest absolute Gasteiger partial charge is 0.497 e. The Morgan fingerprint density at radius 3 is 2.50 bits per heavy atom. The van der Waals surface area contributed by atoms with Crippen LogP contribution in [0.4, 0.5) is 0 Å². The van der Waals surface area contributed by atoms with E-state index >= 15 is 0 Å². The number of likely N-dealkylation sites (N-methyl/N-ethyl adjacent to an activating group) is 1. The Bertz CT molecular complexity index is 652. The molecule has 0 atom stereocenters. The molecule has 0 saturated carbocycles. The molecular formula is C17H20N2O5. The van der Waals surface area contributed by atoms with Crippen LogP contribution in [0.3, 0.4) is 0 Å². The summed E-state index contributed by atoms with van der Waals surface area (Å²) in [5.41, 5.74) is 0. The lowest BCUT2D eigenvalue weighted by Gasteiger charge is -2.17. The van der Waals surface area contributed by atoms with E-state index in [9.17, 15) is 9.59 Å². The van der Waals surface area contributed by atoms with Crippen LogP contribution in [0.1, 0.15) is 10.6 Å². The van der Waals surface area contributed by atoms with Gasteiger partial charge >= 0.3 is 0 Å². The average molecular weight is 332 g/mol. The SMILES string of the molecule is COc1ccc(OCCN(C)C(=O)CNC(=O)c2ccco2)cc1. The standard InChI is InChI=1S/C17H20N2O5/c1-19(9-11-23-14-7-5-13(22-2)6-8-14)16(20)12-18-17(21)15-4-3-10-24-15/h3-8,10H,9,11-12H2,1-2H3,(H,18,21). The van der Waals surface area contributed by atoms with Gasteiger partial charge in [-0.15, -0.1) is 0 Å². The van der Waals surface area contributed by atoms with Crippen molar-refractivity contribution in [2.24, 2.45) is 0 Å². The van der Waals surface area contributed by atoms with Crippen molar-refractivity contribution >= 4 is 11.8 Å². The highest BCUT2D eigenvalue weighted by atomic mass is 16.5. The first-order valence-electron chi connectivity index (χ1n) is 7.42. The number of carbonyl (C=O) groups is 2. The van der Waals surface area contributed by atoms with Gasteiger partial charge in [0.2, 0.25) is 5.91 Å². The molecule has 1 N–H and O–H groups in total. The molecule has 7 nitrogen and oxygen atoms in total. The van der Waals surface area contributed by atoms with Gasteiger partial charge in [0.15, 0.2) is 5.76 Å². The van der Waals surface area contributed by atoms with Gasteiger partial charge in [0.1, 0.15) is 18.1 Å². The molecule has 0 aliphatic carbocycles. The van der Waals surface area contributed by atoms with E-state index in [-0.39, 0.29) is 18.2 Å². The van der Waals surface area contributed by atoms with Crippen molar-refractivity contribution in [3.05, 3.63) is 48.4 Å². The van der Waals surface area contributed by atoms with Crippen molar-refractivity contribution in [2.75, 3.05) is 33.9 Å². The van der Waals surface area contributed by atoms with E-state index in [4.69, 9.17) is 13.9 Å². The van der Waals surface area contributed by atoms with Crippen LogP contribution in [-0.4, -0.2) is 50.6 Å². The zero-order chi connectivity index (χ0) is 17.4. The number of hydrogen-bond acceptors (Lipinski definition) is 5. The molecule has 7 heteroatoms. The molecule has 24 heavy (non-hydrogen) atoms. The van der Waals surface area contributed by atoms with Crippen LogP contribution in [0, 0.1) is 0 Å². The molecule has 0 spiro atoms. The van der Waals surface area contributed by atoms with E-state index in [1.54, 1.807) is 44.5 Å². The van der Waals surface area contributed by atoms with Crippen LogP contribution < -0.4 is 14.8 Å². The Labute approximate surface area is 140 Å². The van der Waals surface area contributed by atoms with E-state index in [0.29, 0.717) is 18.9 Å². The van der Waals surface area contributed by atoms with Crippen molar-refractivity contribution < 1.29 is 23.5 Å². The molecule has 0 aliphatic rings. The van der Waals surface area contributed by atoms with E-state index in [2.05, 4.69) is 5.32 Å². The van der Waals surface area contributed by atoms with Gasteiger partial charge in [0, 0.05) is 7.05 Å². The smallest absolute Gasteiger partial charge is 0.287 e. The molecule has 0 bridgehead atoms. The highest BCUT2D eigenvalue weighted by molar-refractivity contribution is 5.94. The predicted molar refractivity (Wildman–Crippen MR) is 87.2 cm³/mol. The first-order chi connectivity index (χ1) is 11.6. The second-order valence-electron chi connectivity index (χ2n) is 5.00. The second kappa shape index (κ2) is 8.61. The van der Waals surface area contributed by atoms with Crippen LogP contribution in [0.2, 0.25) is 0 Å². The Hall–Kier alpha value is -2.96. The normalized spacial score (nSPS) is 10.1. The summed E-state index contributed by atoms with van der Waals surface area (Å²) in [5, 5.41) is 2.51. The monoisotopic (exact) mass is 332 g/mol. The van der Waals surface area contributed by atoms with Gasteiger partial charge < -0.3 is 24.1 Å². The number of carbonyl (C=O) groups excluding carboxylic acids is 2. The third kappa shape index (κ3) is 5.05. The fraction of sp³-hybridized carbons (Fsp3) is 0.294. The van der Waals surface area contributed by atoms with Crippen LogP contribution in [0.5, 0.6) is 11.5 Å². The molecule has 1 heterocycles. The maximum atomic E-state index is 12.0.